The fraction of sp³-hybridized carbons (Fsp3) is 0.409. The van der Waals surface area contributed by atoms with E-state index in [2.05, 4.69) is 0 Å². The lowest BCUT2D eigenvalue weighted by atomic mass is 9.84. The van der Waals surface area contributed by atoms with Gasteiger partial charge in [0.2, 0.25) is 0 Å². The van der Waals surface area contributed by atoms with Crippen molar-refractivity contribution in [2.24, 2.45) is 5.41 Å². The van der Waals surface area contributed by atoms with Gasteiger partial charge in [0, 0.05) is 17.5 Å². The number of carbonyl (C=O) groups is 1. The Hall–Kier alpha value is -2.59. The third kappa shape index (κ3) is 7.83. The molecule has 8 nitrogen and oxygen atoms in total. The molecule has 10 heteroatoms. The predicted molar refractivity (Wildman–Crippen MR) is 123 cm³/mol. The van der Waals surface area contributed by atoms with Crippen molar-refractivity contribution >= 4 is 33.4 Å². The smallest absolute Gasteiger partial charge is 0.269 e. The summed E-state index contributed by atoms with van der Waals surface area (Å²) in [6.45, 7) is 3.81. The third-order valence-electron chi connectivity index (χ3n) is 5.29. The summed E-state index contributed by atoms with van der Waals surface area (Å²) in [6, 6.07) is 13.0. The van der Waals surface area contributed by atoms with Crippen molar-refractivity contribution in [1.29, 1.82) is 0 Å². The molecule has 0 spiro atoms. The minimum absolute atomic E-state index is 0.0585. The molecule has 0 N–H and O–H groups in total. The number of hydrogen-bond acceptors (Lipinski definition) is 8. The van der Waals surface area contributed by atoms with E-state index in [1.54, 1.807) is 0 Å². The number of unbranched alkanes of at least 4 members (excludes halogenated alkanes) is 1. The lowest BCUT2D eigenvalue weighted by Gasteiger charge is -2.26. The molecule has 2 aromatic carbocycles. The second-order valence-corrected chi connectivity index (χ2v) is 9.59. The van der Waals surface area contributed by atoms with Gasteiger partial charge in [-0.25, -0.2) is 8.42 Å². The number of nitro groups is 1. The fourth-order valence-corrected chi connectivity index (χ4v) is 5.58. The SMILES string of the molecule is CCCCC(C=O)(CC)CS(=O)(=O)c1ccc([N+](=O)[O-])cc1Cc1ccccc1.O=[SH-]=O. The summed E-state index contributed by atoms with van der Waals surface area (Å²) in [5.74, 6) is -0.292. The van der Waals surface area contributed by atoms with Gasteiger partial charge in [0.05, 0.1) is 15.6 Å². The molecule has 0 amide bonds. The topological polar surface area (TPSA) is 128 Å². The van der Waals surface area contributed by atoms with Crippen molar-refractivity contribution in [2.75, 3.05) is 5.75 Å². The first-order chi connectivity index (χ1) is 15.2. The van der Waals surface area contributed by atoms with Crippen LogP contribution in [0.2, 0.25) is 0 Å². The molecule has 0 aliphatic carbocycles. The zero-order chi connectivity index (χ0) is 24.2. The van der Waals surface area contributed by atoms with E-state index in [9.17, 15) is 23.3 Å². The average Bonchev–Trinajstić information content (AvgIpc) is 2.77. The Morgan fingerprint density at radius 3 is 2.22 bits per heavy atom. The molecule has 0 fully saturated rings. The van der Waals surface area contributed by atoms with E-state index in [1.807, 2.05) is 44.2 Å². The number of carbonyl (C=O) groups excluding carboxylic acids is 1. The summed E-state index contributed by atoms with van der Waals surface area (Å²) >= 11 is -1.08. The highest BCUT2D eigenvalue weighted by molar-refractivity contribution is 7.91. The Morgan fingerprint density at radius 2 is 1.72 bits per heavy atom. The van der Waals surface area contributed by atoms with Crippen LogP contribution in [0.1, 0.15) is 50.7 Å². The standard InChI is InChI=1S/C22H27NO5S.HO2S/c1-3-5-13-22(4-2,16-24)17-29(27,28)21-12-11-20(23(25)26)15-19(21)14-18-9-7-6-8-10-18;1-3-2/h6-12,15-16H,3-5,13-14,17H2,1-2H3;3H/q;-1. The molecule has 1 unspecified atom stereocenters. The van der Waals surface area contributed by atoms with Gasteiger partial charge < -0.3 is 13.2 Å². The monoisotopic (exact) mass is 482 g/mol. The first-order valence-electron chi connectivity index (χ1n) is 10.1. The number of aldehydes is 1. The molecular formula is C22H28NO7S2-. The average molecular weight is 483 g/mol. The second-order valence-electron chi connectivity index (χ2n) is 7.48. The number of rotatable bonds is 11. The van der Waals surface area contributed by atoms with E-state index in [0.717, 1.165) is 24.7 Å². The van der Waals surface area contributed by atoms with Gasteiger partial charge in [0.1, 0.15) is 6.29 Å². The summed E-state index contributed by atoms with van der Waals surface area (Å²) in [5.41, 5.74) is 0.128. The highest BCUT2D eigenvalue weighted by atomic mass is 32.2. The Morgan fingerprint density at radius 1 is 1.09 bits per heavy atom. The van der Waals surface area contributed by atoms with Gasteiger partial charge >= 0.3 is 0 Å². The number of benzene rings is 2. The molecule has 0 aliphatic heterocycles. The fourth-order valence-electron chi connectivity index (χ4n) is 3.45. The maximum Gasteiger partial charge on any atom is 0.269 e. The minimum Gasteiger partial charge on any atom is -0.427 e. The van der Waals surface area contributed by atoms with Crippen molar-refractivity contribution in [3.8, 4) is 0 Å². The number of nitro benzene ring substituents is 1. The van der Waals surface area contributed by atoms with Gasteiger partial charge in [0.15, 0.2) is 9.84 Å². The van der Waals surface area contributed by atoms with E-state index >= 15 is 0 Å². The number of nitrogens with zero attached hydrogens (tertiary/aromatic N) is 1. The van der Waals surface area contributed by atoms with Crippen molar-refractivity contribution in [3.05, 3.63) is 69.8 Å². The third-order valence-corrected chi connectivity index (χ3v) is 7.31. The van der Waals surface area contributed by atoms with Crippen LogP contribution in [0.5, 0.6) is 0 Å². The number of thiol groups is 1. The Bertz CT molecular complexity index is 1050. The number of sulfone groups is 1. The zero-order valence-electron chi connectivity index (χ0n) is 18.1. The molecule has 0 aliphatic rings. The van der Waals surface area contributed by atoms with E-state index in [4.69, 9.17) is 8.42 Å². The van der Waals surface area contributed by atoms with Gasteiger partial charge in [-0.05, 0) is 36.5 Å². The van der Waals surface area contributed by atoms with Gasteiger partial charge in [-0.3, -0.25) is 10.1 Å². The summed E-state index contributed by atoms with van der Waals surface area (Å²) < 4.78 is 43.3. The number of hydrogen-bond donors (Lipinski definition) is 0. The van der Waals surface area contributed by atoms with Crippen LogP contribution < -0.4 is 0 Å². The Kier molecular flexibility index (Phi) is 11.2. The van der Waals surface area contributed by atoms with Crippen LogP contribution in [0.25, 0.3) is 0 Å². The Balaban J connectivity index is 0.00000161. The predicted octanol–water partition coefficient (Wildman–Crippen LogP) is 4.24. The quantitative estimate of drug-likeness (QED) is 0.154. The highest BCUT2D eigenvalue weighted by Gasteiger charge is 2.35. The minimum atomic E-state index is -3.82. The molecule has 0 bridgehead atoms. The molecule has 2 aromatic rings. The molecule has 176 valence electrons. The van der Waals surface area contributed by atoms with Crippen LogP contribution in [-0.2, 0) is 41.0 Å². The lowest BCUT2D eigenvalue weighted by Crippen LogP contribution is -2.32. The molecule has 0 radical (unpaired) electrons. The molecule has 0 saturated heterocycles. The molecule has 1 atom stereocenters. The Labute approximate surface area is 191 Å². The van der Waals surface area contributed by atoms with Crippen molar-refractivity contribution in [1.82, 2.24) is 0 Å². The molecular weight excluding hydrogens is 454 g/mol. The summed E-state index contributed by atoms with van der Waals surface area (Å²) in [5, 5.41) is 11.2. The van der Waals surface area contributed by atoms with Gasteiger partial charge in [-0.2, -0.15) is 0 Å². The van der Waals surface area contributed by atoms with Crippen LogP contribution in [0.3, 0.4) is 0 Å². The summed E-state index contributed by atoms with van der Waals surface area (Å²) in [6.07, 6.45) is 3.58. The zero-order valence-corrected chi connectivity index (χ0v) is 19.8. The normalized spacial score (nSPS) is 12.8. The van der Waals surface area contributed by atoms with Crippen LogP contribution in [0.4, 0.5) is 5.69 Å². The summed E-state index contributed by atoms with van der Waals surface area (Å²) in [4.78, 5) is 22.6. The molecule has 0 saturated carbocycles. The maximum atomic E-state index is 13.3. The second kappa shape index (κ2) is 13.1. The van der Waals surface area contributed by atoms with Crippen LogP contribution in [0.15, 0.2) is 53.4 Å². The molecule has 0 heterocycles. The highest BCUT2D eigenvalue weighted by Crippen LogP contribution is 2.33. The maximum absolute atomic E-state index is 13.3. The molecule has 0 aromatic heterocycles. The van der Waals surface area contributed by atoms with Crippen LogP contribution >= 0.6 is 0 Å². The van der Waals surface area contributed by atoms with Crippen molar-refractivity contribution in [3.63, 3.8) is 0 Å². The van der Waals surface area contributed by atoms with Gasteiger partial charge in [-0.1, -0.05) is 68.6 Å². The van der Waals surface area contributed by atoms with E-state index in [1.165, 1.54) is 18.2 Å². The van der Waals surface area contributed by atoms with Crippen LogP contribution in [-0.4, -0.2) is 25.4 Å². The van der Waals surface area contributed by atoms with Crippen molar-refractivity contribution < 1.29 is 26.6 Å². The molecule has 2 rings (SSSR count). The van der Waals surface area contributed by atoms with E-state index < -0.39 is 31.7 Å². The summed E-state index contributed by atoms with van der Waals surface area (Å²) in [7, 11) is -3.82. The van der Waals surface area contributed by atoms with E-state index in [0.29, 0.717) is 18.4 Å². The first kappa shape index (κ1) is 27.4. The van der Waals surface area contributed by atoms with E-state index in [-0.39, 0.29) is 22.8 Å². The molecule has 32 heavy (non-hydrogen) atoms. The lowest BCUT2D eigenvalue weighted by molar-refractivity contribution is -0.385. The van der Waals surface area contributed by atoms with Gasteiger partial charge in [0.25, 0.3) is 5.69 Å². The van der Waals surface area contributed by atoms with Gasteiger partial charge in [-0.15, -0.1) is 0 Å². The first-order valence-corrected chi connectivity index (χ1v) is 12.5. The number of non-ortho nitro benzene ring substituents is 1. The largest absolute Gasteiger partial charge is 0.427 e. The van der Waals surface area contributed by atoms with Crippen molar-refractivity contribution in [2.45, 2.75) is 50.8 Å². The van der Waals surface area contributed by atoms with Crippen LogP contribution in [0, 0.1) is 15.5 Å².